The van der Waals surface area contributed by atoms with Crippen LogP contribution in [-0.4, -0.2) is 35.2 Å². The highest BCUT2D eigenvalue weighted by Crippen LogP contribution is 2.33. The van der Waals surface area contributed by atoms with Crippen LogP contribution in [0.15, 0.2) is 41.9 Å². The SMILES string of the molecule is CC(=O)N1C=Cc2ccccc2[C@H]1CC(=O)OCC(=O)Nc1sccc1C(N)=O. The Hall–Kier alpha value is -3.46. The van der Waals surface area contributed by atoms with Crippen molar-refractivity contribution >= 4 is 46.1 Å². The first-order valence-electron chi connectivity index (χ1n) is 8.75. The normalized spacial score (nSPS) is 14.8. The fraction of sp³-hybridized carbons (Fsp3) is 0.200. The van der Waals surface area contributed by atoms with Gasteiger partial charge in [-0.05, 0) is 28.6 Å². The molecule has 0 saturated carbocycles. The molecule has 0 spiro atoms. The maximum atomic E-state index is 12.3. The van der Waals surface area contributed by atoms with Crippen LogP contribution in [-0.2, 0) is 19.1 Å². The molecule has 0 unspecified atom stereocenters. The number of hydrogen-bond acceptors (Lipinski definition) is 6. The molecule has 9 heteroatoms. The van der Waals surface area contributed by atoms with Crippen LogP contribution < -0.4 is 11.1 Å². The summed E-state index contributed by atoms with van der Waals surface area (Å²) in [6.07, 6.45) is 3.35. The minimum atomic E-state index is -0.660. The van der Waals surface area contributed by atoms with Gasteiger partial charge in [0.1, 0.15) is 5.00 Å². The molecule has 1 aromatic carbocycles. The summed E-state index contributed by atoms with van der Waals surface area (Å²) in [5, 5.41) is 4.42. The third-order valence-corrected chi connectivity index (χ3v) is 5.21. The number of esters is 1. The van der Waals surface area contributed by atoms with E-state index < -0.39 is 30.4 Å². The minimum absolute atomic E-state index is 0.0975. The Morgan fingerprint density at radius 3 is 2.69 bits per heavy atom. The Morgan fingerprint density at radius 1 is 1.21 bits per heavy atom. The number of thiophene rings is 1. The summed E-state index contributed by atoms with van der Waals surface area (Å²) in [7, 11) is 0. The van der Waals surface area contributed by atoms with Crippen LogP contribution in [0.25, 0.3) is 6.08 Å². The van der Waals surface area contributed by atoms with Gasteiger partial charge in [-0.15, -0.1) is 11.3 Å². The standard InChI is InChI=1S/C20H19N3O5S/c1-12(24)23-8-6-13-4-2-3-5-14(13)16(23)10-18(26)28-11-17(25)22-20-15(19(21)27)7-9-29-20/h2-9,16H,10-11H2,1H3,(H2,21,27)(H,22,25)/t16-/m1/s1. The lowest BCUT2D eigenvalue weighted by molar-refractivity contribution is -0.149. The van der Waals surface area contributed by atoms with Gasteiger partial charge in [0.05, 0.1) is 18.0 Å². The maximum Gasteiger partial charge on any atom is 0.308 e. The van der Waals surface area contributed by atoms with E-state index in [0.29, 0.717) is 5.00 Å². The van der Waals surface area contributed by atoms with Gasteiger partial charge in [-0.1, -0.05) is 24.3 Å². The molecule has 3 rings (SSSR count). The first kappa shape index (κ1) is 20.3. The van der Waals surface area contributed by atoms with Crippen LogP contribution in [0.2, 0.25) is 0 Å². The number of carbonyl (C=O) groups is 4. The van der Waals surface area contributed by atoms with Gasteiger partial charge in [-0.25, -0.2) is 0 Å². The van der Waals surface area contributed by atoms with E-state index in [-0.39, 0.29) is 17.9 Å². The number of fused-ring (bicyclic) bond motifs is 1. The van der Waals surface area contributed by atoms with Crippen molar-refractivity contribution < 1.29 is 23.9 Å². The first-order valence-corrected chi connectivity index (χ1v) is 9.63. The van der Waals surface area contributed by atoms with E-state index in [1.165, 1.54) is 17.9 Å². The van der Waals surface area contributed by atoms with Gasteiger partial charge >= 0.3 is 5.97 Å². The number of ether oxygens (including phenoxy) is 1. The second-order valence-corrected chi connectivity index (χ2v) is 7.24. The molecule has 0 saturated heterocycles. The molecule has 150 valence electrons. The second-order valence-electron chi connectivity index (χ2n) is 6.33. The van der Waals surface area contributed by atoms with Crippen LogP contribution in [0.1, 0.15) is 40.9 Å². The topological polar surface area (TPSA) is 119 Å². The number of nitrogens with zero attached hydrogens (tertiary/aromatic N) is 1. The van der Waals surface area contributed by atoms with Crippen LogP contribution in [0.5, 0.6) is 0 Å². The fourth-order valence-corrected chi connectivity index (χ4v) is 3.85. The zero-order valence-electron chi connectivity index (χ0n) is 15.6. The van der Waals surface area contributed by atoms with E-state index >= 15 is 0 Å². The third-order valence-electron chi connectivity index (χ3n) is 4.38. The van der Waals surface area contributed by atoms with Gasteiger partial charge < -0.3 is 20.7 Å². The van der Waals surface area contributed by atoms with Crippen molar-refractivity contribution in [2.75, 3.05) is 11.9 Å². The molecular formula is C20H19N3O5S. The van der Waals surface area contributed by atoms with Crippen molar-refractivity contribution in [3.8, 4) is 0 Å². The molecular weight excluding hydrogens is 394 g/mol. The van der Waals surface area contributed by atoms with Crippen molar-refractivity contribution in [2.24, 2.45) is 5.73 Å². The molecule has 0 fully saturated rings. The zero-order chi connectivity index (χ0) is 21.0. The van der Waals surface area contributed by atoms with Gasteiger partial charge in [-0.3, -0.25) is 19.2 Å². The Kier molecular flexibility index (Phi) is 6.08. The lowest BCUT2D eigenvalue weighted by atomic mass is 9.94. The lowest BCUT2D eigenvalue weighted by Gasteiger charge is -2.32. The summed E-state index contributed by atoms with van der Waals surface area (Å²) in [4.78, 5) is 49.1. The van der Waals surface area contributed by atoms with E-state index in [1.807, 2.05) is 30.3 Å². The molecule has 2 heterocycles. The van der Waals surface area contributed by atoms with Crippen molar-refractivity contribution in [3.05, 3.63) is 58.6 Å². The van der Waals surface area contributed by atoms with E-state index in [9.17, 15) is 19.2 Å². The van der Waals surface area contributed by atoms with E-state index in [1.54, 1.807) is 11.6 Å². The van der Waals surface area contributed by atoms with Gasteiger partial charge in [0, 0.05) is 13.1 Å². The zero-order valence-corrected chi connectivity index (χ0v) is 16.4. The molecule has 2 aromatic rings. The predicted octanol–water partition coefficient (Wildman–Crippen LogP) is 2.29. The van der Waals surface area contributed by atoms with Crippen molar-refractivity contribution in [3.63, 3.8) is 0 Å². The lowest BCUT2D eigenvalue weighted by Crippen LogP contribution is -2.33. The van der Waals surface area contributed by atoms with Crippen LogP contribution in [0.4, 0.5) is 5.00 Å². The Morgan fingerprint density at radius 2 is 1.97 bits per heavy atom. The number of anilines is 1. The highest BCUT2D eigenvalue weighted by Gasteiger charge is 2.29. The average molecular weight is 413 g/mol. The number of rotatable bonds is 6. The quantitative estimate of drug-likeness (QED) is 0.705. The monoisotopic (exact) mass is 413 g/mol. The van der Waals surface area contributed by atoms with Gasteiger partial charge in [0.25, 0.3) is 11.8 Å². The Bertz CT molecular complexity index is 998. The van der Waals surface area contributed by atoms with Crippen LogP contribution in [0.3, 0.4) is 0 Å². The van der Waals surface area contributed by atoms with Crippen LogP contribution in [0, 0.1) is 0 Å². The number of carbonyl (C=O) groups excluding carboxylic acids is 4. The summed E-state index contributed by atoms with van der Waals surface area (Å²) in [6, 6.07) is 8.44. The van der Waals surface area contributed by atoms with E-state index in [2.05, 4.69) is 5.32 Å². The highest BCUT2D eigenvalue weighted by atomic mass is 32.1. The molecule has 29 heavy (non-hydrogen) atoms. The molecule has 3 N–H and O–H groups in total. The summed E-state index contributed by atoms with van der Waals surface area (Å²) < 4.78 is 5.07. The first-order chi connectivity index (χ1) is 13.9. The van der Waals surface area contributed by atoms with E-state index in [0.717, 1.165) is 22.5 Å². The van der Waals surface area contributed by atoms with Gasteiger partial charge in [0.15, 0.2) is 6.61 Å². The molecule has 0 aliphatic carbocycles. The summed E-state index contributed by atoms with van der Waals surface area (Å²) in [6.45, 7) is 0.903. The number of nitrogens with two attached hydrogens (primary N) is 1. The molecule has 8 nitrogen and oxygen atoms in total. The summed E-state index contributed by atoms with van der Waals surface area (Å²) in [5.74, 6) is -2.08. The smallest absolute Gasteiger partial charge is 0.308 e. The predicted molar refractivity (Wildman–Crippen MR) is 108 cm³/mol. The maximum absolute atomic E-state index is 12.3. The largest absolute Gasteiger partial charge is 0.455 e. The second kappa shape index (κ2) is 8.70. The number of primary amides is 1. The molecule has 1 atom stereocenters. The van der Waals surface area contributed by atoms with Gasteiger partial charge in [0.2, 0.25) is 5.91 Å². The highest BCUT2D eigenvalue weighted by molar-refractivity contribution is 7.14. The number of nitrogens with one attached hydrogen (secondary N) is 1. The molecule has 1 aromatic heterocycles. The Balaban J connectivity index is 1.61. The number of benzene rings is 1. The average Bonchev–Trinajstić information content (AvgIpc) is 3.14. The van der Waals surface area contributed by atoms with Crippen LogP contribution >= 0.6 is 11.3 Å². The summed E-state index contributed by atoms with van der Waals surface area (Å²) in [5.41, 5.74) is 7.17. The van der Waals surface area contributed by atoms with Crippen molar-refractivity contribution in [1.82, 2.24) is 4.90 Å². The van der Waals surface area contributed by atoms with Gasteiger partial charge in [-0.2, -0.15) is 0 Å². The number of hydrogen-bond donors (Lipinski definition) is 2. The molecule has 1 aliphatic heterocycles. The Labute approximate surface area is 170 Å². The third kappa shape index (κ3) is 4.69. The molecule has 3 amide bonds. The minimum Gasteiger partial charge on any atom is -0.455 e. The molecule has 0 radical (unpaired) electrons. The van der Waals surface area contributed by atoms with E-state index in [4.69, 9.17) is 10.5 Å². The molecule has 0 bridgehead atoms. The number of amides is 3. The molecule has 1 aliphatic rings. The van der Waals surface area contributed by atoms with Crippen molar-refractivity contribution in [2.45, 2.75) is 19.4 Å². The van der Waals surface area contributed by atoms with Crippen molar-refractivity contribution in [1.29, 1.82) is 0 Å². The fourth-order valence-electron chi connectivity index (χ4n) is 3.04. The summed E-state index contributed by atoms with van der Waals surface area (Å²) >= 11 is 1.14.